The van der Waals surface area contributed by atoms with Crippen molar-refractivity contribution in [3.05, 3.63) is 0 Å². The zero-order chi connectivity index (χ0) is 64.7. The molecule has 5 atom stereocenters. The number of ether oxygens (including phenoxy) is 4. The van der Waals surface area contributed by atoms with Crippen LogP contribution in [0.5, 0.6) is 0 Å². The Morgan fingerprint density at radius 2 is 0.483 bits per heavy atom. The van der Waals surface area contributed by atoms with Crippen LogP contribution >= 0.6 is 15.6 Å². The van der Waals surface area contributed by atoms with Crippen molar-refractivity contribution in [1.82, 2.24) is 0 Å². The van der Waals surface area contributed by atoms with Gasteiger partial charge in [0.25, 0.3) is 0 Å². The third-order valence-corrected chi connectivity index (χ3v) is 17.5. The lowest BCUT2D eigenvalue weighted by molar-refractivity contribution is -0.161. The van der Waals surface area contributed by atoms with Gasteiger partial charge in [0.1, 0.15) is 19.3 Å². The molecule has 0 radical (unpaired) electrons. The molecule has 0 spiro atoms. The first-order chi connectivity index (χ1) is 41.6. The van der Waals surface area contributed by atoms with E-state index in [1.807, 2.05) is 0 Å². The van der Waals surface area contributed by atoms with E-state index in [1.54, 1.807) is 0 Å². The molecule has 0 bridgehead atoms. The molecule has 0 amide bonds. The van der Waals surface area contributed by atoms with Gasteiger partial charge >= 0.3 is 39.5 Å². The summed E-state index contributed by atoms with van der Waals surface area (Å²) in [6.45, 7) is 13.9. The van der Waals surface area contributed by atoms with Gasteiger partial charge in [0.2, 0.25) is 0 Å². The molecule has 0 aromatic rings. The second kappa shape index (κ2) is 57.9. The number of hydrogen-bond donors (Lipinski definition) is 3. The fourth-order valence-corrected chi connectivity index (χ4v) is 11.7. The number of hydrogen-bond acceptors (Lipinski definition) is 15. The molecule has 0 aliphatic heterocycles. The quantitative estimate of drug-likeness (QED) is 0.0222. The van der Waals surface area contributed by atoms with Crippen LogP contribution in [-0.4, -0.2) is 96.7 Å². The van der Waals surface area contributed by atoms with E-state index in [9.17, 15) is 43.2 Å². The summed E-state index contributed by atoms with van der Waals surface area (Å²) in [6, 6.07) is 0. The second-order valence-electron chi connectivity index (χ2n) is 26.5. The van der Waals surface area contributed by atoms with E-state index in [-0.39, 0.29) is 25.7 Å². The molecule has 0 aromatic heterocycles. The Hall–Kier alpha value is -1.94. The second-order valence-corrected chi connectivity index (χ2v) is 29.4. The van der Waals surface area contributed by atoms with Crippen LogP contribution in [0.25, 0.3) is 0 Å². The van der Waals surface area contributed by atoms with Crippen molar-refractivity contribution < 1.29 is 80.2 Å². The number of aliphatic hydroxyl groups excluding tert-OH is 1. The lowest BCUT2D eigenvalue weighted by Crippen LogP contribution is -2.30. The van der Waals surface area contributed by atoms with Crippen LogP contribution in [0.4, 0.5) is 0 Å². The molecule has 87 heavy (non-hydrogen) atoms. The number of carbonyl (C=O) groups excluding carboxylic acids is 4. The SMILES string of the molecule is CC(C)CCCCCCCCCCCCCCCCCC(=O)OC[C@H](COP(=O)(O)OCC(O)COP(=O)(O)OC[C@@H](COC(=O)CCCCCCCCCCC(C)C)OC(=O)CCCCCCCCC(C)C)OC(=O)CCCCCCCCC(C)C. The van der Waals surface area contributed by atoms with E-state index in [0.29, 0.717) is 37.5 Å². The van der Waals surface area contributed by atoms with Gasteiger partial charge in [-0.15, -0.1) is 0 Å². The minimum Gasteiger partial charge on any atom is -0.462 e. The molecule has 3 unspecified atom stereocenters. The average Bonchev–Trinajstić information content (AvgIpc) is 3.67. The minimum atomic E-state index is -4.95. The van der Waals surface area contributed by atoms with E-state index in [1.165, 1.54) is 135 Å². The van der Waals surface area contributed by atoms with Gasteiger partial charge in [-0.05, 0) is 49.4 Å². The van der Waals surface area contributed by atoms with E-state index in [4.69, 9.17) is 37.0 Å². The number of esters is 4. The number of rotatable bonds is 65. The van der Waals surface area contributed by atoms with Gasteiger partial charge < -0.3 is 33.8 Å². The highest BCUT2D eigenvalue weighted by Crippen LogP contribution is 2.45. The summed E-state index contributed by atoms with van der Waals surface area (Å²) < 4.78 is 68.1. The normalized spacial score (nSPS) is 14.3. The van der Waals surface area contributed by atoms with Crippen molar-refractivity contribution in [3.8, 4) is 0 Å². The predicted molar refractivity (Wildman–Crippen MR) is 349 cm³/mol. The summed E-state index contributed by atoms with van der Waals surface area (Å²) in [4.78, 5) is 72.3. The molecule has 0 aromatic carbocycles. The number of phosphoric acid groups is 2. The highest BCUT2D eigenvalue weighted by molar-refractivity contribution is 7.47. The van der Waals surface area contributed by atoms with Crippen LogP contribution in [0.1, 0.15) is 331 Å². The van der Waals surface area contributed by atoms with Gasteiger partial charge in [-0.1, -0.05) is 280 Å². The fraction of sp³-hybridized carbons (Fsp3) is 0.941. The smallest absolute Gasteiger partial charge is 0.462 e. The first-order valence-electron chi connectivity index (χ1n) is 35.2. The topological polar surface area (TPSA) is 237 Å². The lowest BCUT2D eigenvalue weighted by atomic mass is 10.0. The molecule has 0 saturated carbocycles. The van der Waals surface area contributed by atoms with Gasteiger partial charge in [0.15, 0.2) is 12.2 Å². The van der Waals surface area contributed by atoms with Crippen molar-refractivity contribution >= 4 is 39.5 Å². The maximum atomic E-state index is 13.0. The summed E-state index contributed by atoms with van der Waals surface area (Å²) in [5, 5.41) is 10.5. The van der Waals surface area contributed by atoms with Crippen LogP contribution in [0.2, 0.25) is 0 Å². The van der Waals surface area contributed by atoms with Crippen molar-refractivity contribution in [1.29, 1.82) is 0 Å². The third-order valence-electron chi connectivity index (χ3n) is 15.6. The van der Waals surface area contributed by atoms with Gasteiger partial charge in [-0.3, -0.25) is 37.3 Å². The first-order valence-corrected chi connectivity index (χ1v) is 38.2. The molecule has 19 heteroatoms. The summed E-state index contributed by atoms with van der Waals surface area (Å²) in [5.41, 5.74) is 0. The minimum absolute atomic E-state index is 0.101. The van der Waals surface area contributed by atoms with Gasteiger partial charge in [-0.25, -0.2) is 9.13 Å². The molecule has 0 rings (SSSR count). The van der Waals surface area contributed by atoms with Crippen molar-refractivity contribution in [2.24, 2.45) is 23.7 Å². The van der Waals surface area contributed by atoms with Crippen LogP contribution in [0.15, 0.2) is 0 Å². The Kier molecular flexibility index (Phi) is 56.6. The predicted octanol–water partition coefficient (Wildman–Crippen LogP) is 18.9. The van der Waals surface area contributed by atoms with Crippen LogP contribution in [0.3, 0.4) is 0 Å². The summed E-state index contributed by atoms with van der Waals surface area (Å²) in [6.07, 6.45) is 39.4. The molecule has 0 saturated heterocycles. The Morgan fingerprint density at radius 3 is 0.713 bits per heavy atom. The molecule has 0 aliphatic rings. The number of phosphoric ester groups is 2. The Labute approximate surface area is 530 Å². The van der Waals surface area contributed by atoms with Crippen LogP contribution < -0.4 is 0 Å². The standard InChI is InChI=1S/C68H132O17P2/c1-58(2)44-36-28-20-16-14-12-10-9-11-13-15-17-22-32-40-48-65(70)78-54-63(84-67(72)50-42-34-26-24-30-38-46-60(5)6)56-82-86(74,75)80-52-62(69)53-81-87(76,77)83-57-64(85-68(73)51-43-35-27-25-31-39-47-61(7)8)55-79-66(71)49-41-33-23-19-18-21-29-37-45-59(3)4/h58-64,69H,9-57H2,1-8H3,(H,74,75)(H,76,77)/t62?,63-,64-/m1/s1. The number of unbranched alkanes of at least 4 members (excludes halogenated alkanes) is 31. The number of aliphatic hydroxyl groups is 1. The zero-order valence-corrected chi connectivity index (χ0v) is 58.4. The van der Waals surface area contributed by atoms with Gasteiger partial charge in [0.05, 0.1) is 26.4 Å². The molecular weight excluding hydrogens is 1150 g/mol. The van der Waals surface area contributed by atoms with Gasteiger partial charge in [-0.2, -0.15) is 0 Å². The Morgan fingerprint density at radius 1 is 0.287 bits per heavy atom. The molecule has 0 heterocycles. The third kappa shape index (κ3) is 62.6. The van der Waals surface area contributed by atoms with E-state index < -0.39 is 97.5 Å². The molecule has 17 nitrogen and oxygen atoms in total. The lowest BCUT2D eigenvalue weighted by Gasteiger charge is -2.21. The van der Waals surface area contributed by atoms with Crippen molar-refractivity contribution in [2.75, 3.05) is 39.6 Å². The fourth-order valence-electron chi connectivity index (χ4n) is 10.1. The maximum absolute atomic E-state index is 13.0. The average molecular weight is 1280 g/mol. The van der Waals surface area contributed by atoms with Crippen LogP contribution in [-0.2, 0) is 65.4 Å². The Balaban J connectivity index is 5.15. The summed E-state index contributed by atoms with van der Waals surface area (Å²) in [7, 11) is -9.89. The molecule has 0 fully saturated rings. The molecule has 516 valence electrons. The summed E-state index contributed by atoms with van der Waals surface area (Å²) in [5.74, 6) is 0.730. The molecule has 3 N–H and O–H groups in total. The Bertz CT molecular complexity index is 1730. The molecule has 0 aliphatic carbocycles. The van der Waals surface area contributed by atoms with E-state index in [0.717, 1.165) is 102 Å². The largest absolute Gasteiger partial charge is 0.472 e. The molecular formula is C68H132O17P2. The van der Waals surface area contributed by atoms with Crippen molar-refractivity contribution in [3.63, 3.8) is 0 Å². The maximum Gasteiger partial charge on any atom is 0.472 e. The monoisotopic (exact) mass is 1280 g/mol. The number of carbonyl (C=O) groups is 4. The summed E-state index contributed by atoms with van der Waals surface area (Å²) >= 11 is 0. The highest BCUT2D eigenvalue weighted by atomic mass is 31.2. The van der Waals surface area contributed by atoms with Crippen LogP contribution in [0, 0.1) is 23.7 Å². The highest BCUT2D eigenvalue weighted by Gasteiger charge is 2.30. The van der Waals surface area contributed by atoms with E-state index in [2.05, 4.69) is 55.4 Å². The van der Waals surface area contributed by atoms with Crippen molar-refractivity contribution in [2.45, 2.75) is 350 Å². The van der Waals surface area contributed by atoms with Gasteiger partial charge in [0, 0.05) is 25.7 Å². The first kappa shape index (κ1) is 85.1. The van der Waals surface area contributed by atoms with E-state index >= 15 is 0 Å². The zero-order valence-electron chi connectivity index (χ0n) is 56.6.